The van der Waals surface area contributed by atoms with E-state index in [0.717, 1.165) is 24.3 Å². The van der Waals surface area contributed by atoms with Gasteiger partial charge in [0.1, 0.15) is 41.3 Å². The number of alkyl halides is 3. The molecule has 0 fully saturated rings. The van der Waals surface area contributed by atoms with Crippen LogP contribution in [0.15, 0.2) is 65.7 Å². The molecule has 1 N–H and O–H groups in total. The van der Waals surface area contributed by atoms with Gasteiger partial charge in [-0.15, -0.1) is 0 Å². The van der Waals surface area contributed by atoms with Crippen molar-refractivity contribution in [2.45, 2.75) is 31.2 Å². The van der Waals surface area contributed by atoms with Crippen LogP contribution < -0.4 is 0 Å². The van der Waals surface area contributed by atoms with Crippen molar-refractivity contribution < 1.29 is 31.6 Å². The van der Waals surface area contributed by atoms with Gasteiger partial charge in [-0.05, 0) is 18.2 Å². The fourth-order valence-electron chi connectivity index (χ4n) is 3.55. The predicted molar refractivity (Wildman–Crippen MR) is 106 cm³/mol. The molecule has 0 unspecified atom stereocenters. The van der Waals surface area contributed by atoms with Gasteiger partial charge in [-0.3, -0.25) is 0 Å². The first kappa shape index (κ1) is 22.6. The highest BCUT2D eigenvalue weighted by atomic mass is 19.4. The van der Waals surface area contributed by atoms with E-state index in [1.54, 1.807) is 6.92 Å². The first-order valence-corrected chi connectivity index (χ1v) is 9.72. The molecule has 4 rings (SSSR count). The average molecular weight is 464 g/mol. The highest BCUT2D eigenvalue weighted by molar-refractivity contribution is 5.59. The molecule has 0 aliphatic carbocycles. The predicted octanol–water partition coefficient (Wildman–Crippen LogP) is 4.92. The molecule has 0 radical (unpaired) electrons. The van der Waals surface area contributed by atoms with Crippen LogP contribution in [-0.2, 0) is 18.3 Å². The SMILES string of the molecule is C[C@@H](c1cc(-c2ccc(C(F)(F)F)cc2)no1)[C@](O)(Cn1cncn1)c1ccc(F)cc1F. The molecule has 2 heterocycles. The molecule has 0 bridgehead atoms. The molecule has 0 aliphatic heterocycles. The quantitative estimate of drug-likeness (QED) is 0.410. The number of rotatable bonds is 6. The Morgan fingerprint density at radius 1 is 1.06 bits per heavy atom. The van der Waals surface area contributed by atoms with Crippen molar-refractivity contribution in [1.82, 2.24) is 19.9 Å². The molecular weight excluding hydrogens is 447 g/mol. The number of aromatic nitrogens is 4. The summed E-state index contributed by atoms with van der Waals surface area (Å²) >= 11 is 0. The Labute approximate surface area is 184 Å². The maximum absolute atomic E-state index is 14.7. The standard InChI is InChI=1S/C22H17F5N4O2/c1-13(20-9-19(30-33-20)14-2-4-15(5-3-14)22(25,26)27)21(32,10-31-12-28-11-29-31)17-7-6-16(23)8-18(17)24/h2-9,11-13,32H,10H2,1H3/t13-,21+/m0/s1. The van der Waals surface area contributed by atoms with E-state index < -0.39 is 34.9 Å². The van der Waals surface area contributed by atoms with Crippen LogP contribution in [0.4, 0.5) is 22.0 Å². The van der Waals surface area contributed by atoms with E-state index in [1.165, 1.54) is 35.5 Å². The van der Waals surface area contributed by atoms with Gasteiger partial charge in [0.05, 0.1) is 18.0 Å². The molecule has 6 nitrogen and oxygen atoms in total. The van der Waals surface area contributed by atoms with Crippen molar-refractivity contribution in [3.63, 3.8) is 0 Å². The van der Waals surface area contributed by atoms with Crippen molar-refractivity contribution in [1.29, 1.82) is 0 Å². The summed E-state index contributed by atoms with van der Waals surface area (Å²) in [5.41, 5.74) is -2.37. The lowest BCUT2D eigenvalue weighted by Gasteiger charge is -2.33. The lowest BCUT2D eigenvalue weighted by Crippen LogP contribution is -2.38. The van der Waals surface area contributed by atoms with Gasteiger partial charge in [0, 0.05) is 23.3 Å². The second kappa shape index (κ2) is 8.39. The number of benzene rings is 2. The Morgan fingerprint density at radius 3 is 2.39 bits per heavy atom. The van der Waals surface area contributed by atoms with E-state index in [2.05, 4.69) is 15.2 Å². The largest absolute Gasteiger partial charge is 0.416 e. The zero-order valence-corrected chi connectivity index (χ0v) is 17.1. The molecule has 0 saturated carbocycles. The smallest absolute Gasteiger partial charge is 0.382 e. The number of hydrogen-bond donors (Lipinski definition) is 1. The first-order valence-electron chi connectivity index (χ1n) is 9.72. The lowest BCUT2D eigenvalue weighted by atomic mass is 9.80. The second-order valence-corrected chi connectivity index (χ2v) is 7.55. The summed E-state index contributed by atoms with van der Waals surface area (Å²) in [4.78, 5) is 3.81. The molecule has 33 heavy (non-hydrogen) atoms. The Kier molecular flexibility index (Phi) is 5.75. The average Bonchev–Trinajstić information content (AvgIpc) is 3.44. The highest BCUT2D eigenvalue weighted by Crippen LogP contribution is 2.40. The monoisotopic (exact) mass is 464 g/mol. The van der Waals surface area contributed by atoms with Gasteiger partial charge in [0.25, 0.3) is 0 Å². The van der Waals surface area contributed by atoms with E-state index >= 15 is 0 Å². The topological polar surface area (TPSA) is 77.0 Å². The normalized spacial score (nSPS) is 14.8. The fourth-order valence-corrected chi connectivity index (χ4v) is 3.55. The molecule has 11 heteroatoms. The summed E-state index contributed by atoms with van der Waals surface area (Å²) < 4.78 is 73.2. The summed E-state index contributed by atoms with van der Waals surface area (Å²) in [6.07, 6.45) is -1.91. The molecule has 2 atom stereocenters. The van der Waals surface area contributed by atoms with Crippen LogP contribution in [0.1, 0.15) is 29.7 Å². The fraction of sp³-hybridized carbons (Fsp3) is 0.227. The van der Waals surface area contributed by atoms with Gasteiger partial charge in [-0.1, -0.05) is 30.3 Å². The summed E-state index contributed by atoms with van der Waals surface area (Å²) in [6.45, 7) is 1.31. The van der Waals surface area contributed by atoms with Gasteiger partial charge < -0.3 is 9.63 Å². The number of hydrogen-bond acceptors (Lipinski definition) is 5. The molecule has 2 aromatic heterocycles. The lowest BCUT2D eigenvalue weighted by molar-refractivity contribution is -0.137. The Morgan fingerprint density at radius 2 is 1.79 bits per heavy atom. The van der Waals surface area contributed by atoms with Gasteiger partial charge in [0.2, 0.25) is 0 Å². The number of aliphatic hydroxyl groups is 1. The van der Waals surface area contributed by atoms with Crippen LogP contribution in [0.2, 0.25) is 0 Å². The van der Waals surface area contributed by atoms with Crippen LogP contribution in [0, 0.1) is 11.6 Å². The Hall–Kier alpha value is -3.60. The van der Waals surface area contributed by atoms with E-state index in [4.69, 9.17) is 4.52 Å². The minimum Gasteiger partial charge on any atom is -0.382 e. The maximum Gasteiger partial charge on any atom is 0.416 e. The number of halogens is 5. The van der Waals surface area contributed by atoms with Crippen LogP contribution in [0.3, 0.4) is 0 Å². The van der Waals surface area contributed by atoms with E-state index in [-0.39, 0.29) is 23.6 Å². The van der Waals surface area contributed by atoms with E-state index in [9.17, 15) is 27.1 Å². The number of nitrogens with zero attached hydrogens (tertiary/aromatic N) is 4. The zero-order valence-electron chi connectivity index (χ0n) is 17.1. The molecule has 0 spiro atoms. The van der Waals surface area contributed by atoms with Crippen LogP contribution in [0.25, 0.3) is 11.3 Å². The van der Waals surface area contributed by atoms with Gasteiger partial charge in [0.15, 0.2) is 0 Å². The minimum absolute atomic E-state index is 0.135. The van der Waals surface area contributed by atoms with Crippen molar-refractivity contribution in [2.24, 2.45) is 0 Å². The molecule has 2 aromatic carbocycles. The first-order chi connectivity index (χ1) is 15.6. The van der Waals surface area contributed by atoms with E-state index in [0.29, 0.717) is 11.6 Å². The van der Waals surface area contributed by atoms with Crippen LogP contribution in [0.5, 0.6) is 0 Å². The Balaban J connectivity index is 1.70. The van der Waals surface area contributed by atoms with Crippen LogP contribution >= 0.6 is 0 Å². The van der Waals surface area contributed by atoms with E-state index in [1.807, 2.05) is 0 Å². The molecule has 172 valence electrons. The van der Waals surface area contributed by atoms with Crippen molar-refractivity contribution in [3.05, 3.63) is 89.7 Å². The maximum atomic E-state index is 14.7. The van der Waals surface area contributed by atoms with Gasteiger partial charge in [-0.2, -0.15) is 18.3 Å². The second-order valence-electron chi connectivity index (χ2n) is 7.55. The summed E-state index contributed by atoms with van der Waals surface area (Å²) in [6, 6.07) is 8.58. The van der Waals surface area contributed by atoms with Crippen molar-refractivity contribution >= 4 is 0 Å². The third-order valence-electron chi connectivity index (χ3n) is 5.45. The zero-order chi connectivity index (χ0) is 23.8. The summed E-state index contributed by atoms with van der Waals surface area (Å²) in [5, 5.41) is 19.4. The molecular formula is C22H17F5N4O2. The van der Waals surface area contributed by atoms with Gasteiger partial charge >= 0.3 is 6.18 Å². The summed E-state index contributed by atoms with van der Waals surface area (Å²) in [7, 11) is 0. The molecule has 4 aromatic rings. The van der Waals surface area contributed by atoms with Crippen molar-refractivity contribution in [3.8, 4) is 11.3 Å². The third kappa shape index (κ3) is 4.49. The minimum atomic E-state index is -4.47. The van der Waals surface area contributed by atoms with Gasteiger partial charge in [-0.25, -0.2) is 18.4 Å². The van der Waals surface area contributed by atoms with Crippen molar-refractivity contribution in [2.75, 3.05) is 0 Å². The third-order valence-corrected chi connectivity index (χ3v) is 5.45. The highest BCUT2D eigenvalue weighted by Gasteiger charge is 2.42. The summed E-state index contributed by atoms with van der Waals surface area (Å²) in [5.74, 6) is -2.56. The van der Waals surface area contributed by atoms with Crippen LogP contribution in [-0.4, -0.2) is 25.0 Å². The molecule has 0 amide bonds. The Bertz CT molecular complexity index is 1240. The molecule has 0 aliphatic rings. The molecule has 0 saturated heterocycles.